The molecule has 0 unspecified atom stereocenters. The van der Waals surface area contributed by atoms with Crippen LogP contribution in [0.3, 0.4) is 0 Å². The summed E-state index contributed by atoms with van der Waals surface area (Å²) in [4.78, 5) is 24.8. The van der Waals surface area contributed by atoms with Gasteiger partial charge in [0.05, 0.1) is 17.9 Å². The first-order valence-electron chi connectivity index (χ1n) is 9.65. The predicted octanol–water partition coefficient (Wildman–Crippen LogP) is 4.57. The summed E-state index contributed by atoms with van der Waals surface area (Å²) in [5, 5.41) is 2.76. The molecule has 30 heavy (non-hydrogen) atoms. The van der Waals surface area contributed by atoms with Crippen LogP contribution >= 0.6 is 0 Å². The van der Waals surface area contributed by atoms with E-state index in [4.69, 9.17) is 14.2 Å². The number of hydrogen-bond acceptors (Lipinski definition) is 5. The van der Waals surface area contributed by atoms with Gasteiger partial charge in [-0.2, -0.15) is 0 Å². The standard InChI is InChI=1S/C24H23NO5/c1-2-28-19-12-14-20(15-13-19)29-16-17-30-24(27)21-10-6-7-11-22(21)25-23(26)18-8-4-3-5-9-18/h3-15H,2,16-17H2,1H3,(H,25,26). The number of para-hydroxylation sites is 1. The summed E-state index contributed by atoms with van der Waals surface area (Å²) >= 11 is 0. The Morgan fingerprint density at radius 3 is 2.10 bits per heavy atom. The number of amides is 1. The van der Waals surface area contributed by atoms with Gasteiger partial charge in [-0.15, -0.1) is 0 Å². The summed E-state index contributed by atoms with van der Waals surface area (Å²) in [7, 11) is 0. The highest BCUT2D eigenvalue weighted by atomic mass is 16.6. The van der Waals surface area contributed by atoms with Gasteiger partial charge in [-0.05, 0) is 55.5 Å². The lowest BCUT2D eigenvalue weighted by Crippen LogP contribution is -2.17. The summed E-state index contributed by atoms with van der Waals surface area (Å²) in [5.74, 6) is 0.597. The van der Waals surface area contributed by atoms with Crippen LogP contribution in [-0.4, -0.2) is 31.7 Å². The van der Waals surface area contributed by atoms with E-state index in [9.17, 15) is 9.59 Å². The maximum atomic E-state index is 12.5. The molecule has 0 aliphatic rings. The summed E-state index contributed by atoms with van der Waals surface area (Å²) in [5.41, 5.74) is 1.18. The van der Waals surface area contributed by atoms with Crippen molar-refractivity contribution in [3.05, 3.63) is 90.0 Å². The van der Waals surface area contributed by atoms with Crippen molar-refractivity contribution in [1.82, 2.24) is 0 Å². The Morgan fingerprint density at radius 2 is 1.40 bits per heavy atom. The van der Waals surface area contributed by atoms with Crippen LogP contribution in [0.25, 0.3) is 0 Å². The lowest BCUT2D eigenvalue weighted by Gasteiger charge is -2.12. The monoisotopic (exact) mass is 405 g/mol. The van der Waals surface area contributed by atoms with Crippen molar-refractivity contribution in [3.8, 4) is 11.5 Å². The lowest BCUT2D eigenvalue weighted by atomic mass is 10.1. The van der Waals surface area contributed by atoms with E-state index in [-0.39, 0.29) is 24.7 Å². The Labute approximate surface area is 175 Å². The van der Waals surface area contributed by atoms with E-state index in [0.717, 1.165) is 5.75 Å². The molecule has 0 aromatic heterocycles. The molecule has 6 nitrogen and oxygen atoms in total. The van der Waals surface area contributed by atoms with Crippen molar-refractivity contribution in [3.63, 3.8) is 0 Å². The minimum atomic E-state index is -0.533. The van der Waals surface area contributed by atoms with Crippen LogP contribution in [0.1, 0.15) is 27.6 Å². The second kappa shape index (κ2) is 10.7. The molecule has 0 aliphatic carbocycles. The second-order valence-electron chi connectivity index (χ2n) is 6.25. The third kappa shape index (κ3) is 5.85. The normalized spacial score (nSPS) is 10.2. The van der Waals surface area contributed by atoms with Gasteiger partial charge >= 0.3 is 5.97 Å². The van der Waals surface area contributed by atoms with Gasteiger partial charge in [0.15, 0.2) is 0 Å². The zero-order valence-corrected chi connectivity index (χ0v) is 16.7. The van der Waals surface area contributed by atoms with E-state index in [2.05, 4.69) is 5.32 Å². The van der Waals surface area contributed by atoms with Gasteiger partial charge in [0.2, 0.25) is 0 Å². The molecule has 0 radical (unpaired) electrons. The molecular weight excluding hydrogens is 382 g/mol. The largest absolute Gasteiger partial charge is 0.494 e. The zero-order chi connectivity index (χ0) is 21.2. The number of rotatable bonds is 9. The molecule has 3 aromatic rings. The lowest BCUT2D eigenvalue weighted by molar-refractivity contribution is 0.0451. The molecule has 0 saturated heterocycles. The van der Waals surface area contributed by atoms with E-state index in [1.54, 1.807) is 60.7 Å². The molecule has 1 N–H and O–H groups in total. The van der Waals surface area contributed by atoms with E-state index >= 15 is 0 Å². The molecule has 0 fully saturated rings. The van der Waals surface area contributed by atoms with E-state index in [1.807, 2.05) is 25.1 Å². The molecular formula is C24H23NO5. The molecule has 3 rings (SSSR count). The average Bonchev–Trinajstić information content (AvgIpc) is 2.79. The van der Waals surface area contributed by atoms with Crippen molar-refractivity contribution < 1.29 is 23.8 Å². The number of carbonyl (C=O) groups is 2. The SMILES string of the molecule is CCOc1ccc(OCCOC(=O)c2ccccc2NC(=O)c2ccccc2)cc1. The average molecular weight is 405 g/mol. The molecule has 3 aromatic carbocycles. The van der Waals surface area contributed by atoms with Crippen LogP contribution in [0.2, 0.25) is 0 Å². The van der Waals surface area contributed by atoms with Gasteiger partial charge in [0.1, 0.15) is 24.7 Å². The Hall–Kier alpha value is -3.80. The van der Waals surface area contributed by atoms with Crippen LogP contribution in [0.4, 0.5) is 5.69 Å². The van der Waals surface area contributed by atoms with Crippen LogP contribution in [-0.2, 0) is 4.74 Å². The third-order valence-corrected chi connectivity index (χ3v) is 4.15. The fourth-order valence-electron chi connectivity index (χ4n) is 2.72. The van der Waals surface area contributed by atoms with Gasteiger partial charge in [-0.1, -0.05) is 30.3 Å². The van der Waals surface area contributed by atoms with Gasteiger partial charge < -0.3 is 19.5 Å². The van der Waals surface area contributed by atoms with Crippen molar-refractivity contribution in [2.75, 3.05) is 25.1 Å². The number of anilines is 1. The summed E-state index contributed by atoms with van der Waals surface area (Å²) in [6.45, 7) is 2.80. The fraction of sp³-hybridized carbons (Fsp3) is 0.167. The fourth-order valence-corrected chi connectivity index (χ4v) is 2.72. The summed E-state index contributed by atoms with van der Waals surface area (Å²) in [6.07, 6.45) is 0. The molecule has 6 heteroatoms. The molecule has 0 spiro atoms. The van der Waals surface area contributed by atoms with E-state index in [1.165, 1.54) is 0 Å². The Bertz CT molecular complexity index is 970. The maximum absolute atomic E-state index is 12.5. The van der Waals surface area contributed by atoms with Crippen molar-refractivity contribution >= 4 is 17.6 Å². The van der Waals surface area contributed by atoms with E-state index in [0.29, 0.717) is 23.6 Å². The number of hydrogen-bond donors (Lipinski definition) is 1. The molecule has 0 heterocycles. The molecule has 0 bridgehead atoms. The predicted molar refractivity (Wildman–Crippen MR) is 114 cm³/mol. The van der Waals surface area contributed by atoms with Crippen LogP contribution in [0.5, 0.6) is 11.5 Å². The zero-order valence-electron chi connectivity index (χ0n) is 16.7. The smallest absolute Gasteiger partial charge is 0.340 e. The van der Waals surface area contributed by atoms with Gasteiger partial charge in [-0.25, -0.2) is 4.79 Å². The van der Waals surface area contributed by atoms with Crippen molar-refractivity contribution in [2.24, 2.45) is 0 Å². The summed E-state index contributed by atoms with van der Waals surface area (Å²) < 4.78 is 16.3. The van der Waals surface area contributed by atoms with Gasteiger partial charge in [0, 0.05) is 5.56 Å². The minimum Gasteiger partial charge on any atom is -0.494 e. The Balaban J connectivity index is 1.52. The van der Waals surface area contributed by atoms with Gasteiger partial charge in [-0.3, -0.25) is 4.79 Å². The first-order chi connectivity index (χ1) is 14.7. The van der Waals surface area contributed by atoms with E-state index < -0.39 is 5.97 Å². The van der Waals surface area contributed by atoms with Gasteiger partial charge in [0.25, 0.3) is 5.91 Å². The number of ether oxygens (including phenoxy) is 3. The maximum Gasteiger partial charge on any atom is 0.340 e. The highest BCUT2D eigenvalue weighted by molar-refractivity contribution is 6.07. The number of carbonyl (C=O) groups excluding carboxylic acids is 2. The minimum absolute atomic E-state index is 0.0764. The Morgan fingerprint density at radius 1 is 0.767 bits per heavy atom. The highest BCUT2D eigenvalue weighted by Crippen LogP contribution is 2.19. The number of nitrogens with one attached hydrogen (secondary N) is 1. The second-order valence-corrected chi connectivity index (χ2v) is 6.25. The number of benzene rings is 3. The summed E-state index contributed by atoms with van der Waals surface area (Å²) in [6, 6.07) is 22.7. The molecule has 0 saturated carbocycles. The first-order valence-corrected chi connectivity index (χ1v) is 9.65. The molecule has 0 atom stereocenters. The number of esters is 1. The Kier molecular flexibility index (Phi) is 7.44. The van der Waals surface area contributed by atoms with Crippen molar-refractivity contribution in [2.45, 2.75) is 6.92 Å². The van der Waals surface area contributed by atoms with Crippen LogP contribution < -0.4 is 14.8 Å². The highest BCUT2D eigenvalue weighted by Gasteiger charge is 2.15. The van der Waals surface area contributed by atoms with Crippen LogP contribution in [0.15, 0.2) is 78.9 Å². The molecule has 154 valence electrons. The first kappa shape index (κ1) is 20.9. The quantitative estimate of drug-likeness (QED) is 0.417. The van der Waals surface area contributed by atoms with Crippen LogP contribution in [0, 0.1) is 0 Å². The molecule has 0 aliphatic heterocycles. The topological polar surface area (TPSA) is 73.9 Å². The molecule has 1 amide bonds. The third-order valence-electron chi connectivity index (χ3n) is 4.15. The van der Waals surface area contributed by atoms with Crippen molar-refractivity contribution in [1.29, 1.82) is 0 Å².